The van der Waals surface area contributed by atoms with Crippen molar-refractivity contribution >= 4 is 0 Å². The summed E-state index contributed by atoms with van der Waals surface area (Å²) in [5.74, 6) is 0.685. The summed E-state index contributed by atoms with van der Waals surface area (Å²) in [6.45, 7) is 12.6. The molecule has 2 N–H and O–H groups in total. The molecule has 104 valence electrons. The van der Waals surface area contributed by atoms with Crippen LogP contribution in [0.2, 0.25) is 0 Å². The van der Waals surface area contributed by atoms with Gasteiger partial charge in [-0.1, -0.05) is 20.8 Å². The molecule has 0 heterocycles. The molecule has 17 heavy (non-hydrogen) atoms. The molecule has 0 radical (unpaired) electrons. The Hall–Kier alpha value is -0.120. The lowest BCUT2D eigenvalue weighted by molar-refractivity contribution is 0.0235. The number of hydrogen-bond donors (Lipinski definition) is 2. The number of aliphatic hydroxyl groups excluding tert-OH is 1. The molecule has 0 aliphatic carbocycles. The van der Waals surface area contributed by atoms with Gasteiger partial charge in [-0.25, -0.2) is 0 Å². The van der Waals surface area contributed by atoms with Crippen LogP contribution < -0.4 is 5.32 Å². The third kappa shape index (κ3) is 8.58. The molecule has 0 saturated carbocycles. The van der Waals surface area contributed by atoms with E-state index in [1.54, 1.807) is 0 Å². The van der Waals surface area contributed by atoms with Gasteiger partial charge in [-0.3, -0.25) is 0 Å². The summed E-state index contributed by atoms with van der Waals surface area (Å²) < 4.78 is 5.78. The molecule has 0 rings (SSSR count). The minimum atomic E-state index is -0.215. The molecule has 0 aromatic rings. The summed E-state index contributed by atoms with van der Waals surface area (Å²) in [5.41, 5.74) is -0.215. The molecule has 3 heteroatoms. The topological polar surface area (TPSA) is 41.5 Å². The fraction of sp³-hybridized carbons (Fsp3) is 1.00. The van der Waals surface area contributed by atoms with Gasteiger partial charge in [0.15, 0.2) is 0 Å². The van der Waals surface area contributed by atoms with Crippen LogP contribution >= 0.6 is 0 Å². The number of rotatable bonds is 10. The standard InChI is InChI=1S/C14H31NO2/c1-6-8-15-14(5,11-16)10-13(4)17-9-7-12(2)3/h12-13,15-16H,6-11H2,1-5H3. The van der Waals surface area contributed by atoms with Gasteiger partial charge in [0, 0.05) is 12.1 Å². The lowest BCUT2D eigenvalue weighted by Crippen LogP contribution is -2.48. The van der Waals surface area contributed by atoms with E-state index in [2.05, 4.69) is 39.9 Å². The highest BCUT2D eigenvalue weighted by Gasteiger charge is 2.25. The molecule has 0 aliphatic heterocycles. The van der Waals surface area contributed by atoms with Crippen LogP contribution in [-0.2, 0) is 4.74 Å². The molecule has 3 nitrogen and oxygen atoms in total. The van der Waals surface area contributed by atoms with Crippen molar-refractivity contribution in [3.63, 3.8) is 0 Å². The summed E-state index contributed by atoms with van der Waals surface area (Å²) in [6.07, 6.45) is 3.22. The zero-order valence-electron chi connectivity index (χ0n) is 12.3. The van der Waals surface area contributed by atoms with Crippen LogP contribution in [0.3, 0.4) is 0 Å². The molecule has 0 saturated heterocycles. The Balaban J connectivity index is 3.91. The third-order valence-electron chi connectivity index (χ3n) is 2.99. The van der Waals surface area contributed by atoms with E-state index in [0.29, 0.717) is 5.92 Å². The first-order valence-corrected chi connectivity index (χ1v) is 6.91. The minimum absolute atomic E-state index is 0.158. The van der Waals surface area contributed by atoms with E-state index in [0.717, 1.165) is 32.4 Å². The van der Waals surface area contributed by atoms with E-state index in [-0.39, 0.29) is 18.2 Å². The van der Waals surface area contributed by atoms with Crippen molar-refractivity contribution in [1.29, 1.82) is 0 Å². The number of aliphatic hydroxyl groups is 1. The fourth-order valence-electron chi connectivity index (χ4n) is 1.82. The zero-order chi connectivity index (χ0) is 13.3. The third-order valence-corrected chi connectivity index (χ3v) is 2.99. The molecular formula is C14H31NO2. The zero-order valence-corrected chi connectivity index (χ0v) is 12.3. The molecule has 0 fully saturated rings. The van der Waals surface area contributed by atoms with Crippen molar-refractivity contribution in [1.82, 2.24) is 5.32 Å². The predicted molar refractivity (Wildman–Crippen MR) is 73.3 cm³/mol. The van der Waals surface area contributed by atoms with Crippen molar-refractivity contribution in [2.45, 2.75) is 65.5 Å². The van der Waals surface area contributed by atoms with Crippen molar-refractivity contribution in [2.24, 2.45) is 5.92 Å². The maximum absolute atomic E-state index is 9.46. The van der Waals surface area contributed by atoms with Gasteiger partial charge in [-0.05, 0) is 45.6 Å². The van der Waals surface area contributed by atoms with Crippen molar-refractivity contribution in [2.75, 3.05) is 19.8 Å². The van der Waals surface area contributed by atoms with Gasteiger partial charge >= 0.3 is 0 Å². The molecule has 0 bridgehead atoms. The fourth-order valence-corrected chi connectivity index (χ4v) is 1.82. The highest BCUT2D eigenvalue weighted by atomic mass is 16.5. The highest BCUT2D eigenvalue weighted by molar-refractivity contribution is 4.84. The Morgan fingerprint density at radius 1 is 1.29 bits per heavy atom. The van der Waals surface area contributed by atoms with E-state index in [9.17, 15) is 5.11 Å². The van der Waals surface area contributed by atoms with E-state index in [1.165, 1.54) is 0 Å². The first-order valence-electron chi connectivity index (χ1n) is 6.91. The Morgan fingerprint density at radius 2 is 1.94 bits per heavy atom. The minimum Gasteiger partial charge on any atom is -0.394 e. The Labute approximate surface area is 107 Å². The Bertz CT molecular complexity index is 185. The van der Waals surface area contributed by atoms with Gasteiger partial charge in [0.2, 0.25) is 0 Å². The van der Waals surface area contributed by atoms with Gasteiger partial charge in [0.25, 0.3) is 0 Å². The van der Waals surface area contributed by atoms with Gasteiger partial charge < -0.3 is 15.2 Å². The van der Waals surface area contributed by atoms with Crippen molar-refractivity contribution in [3.05, 3.63) is 0 Å². The summed E-state index contributed by atoms with van der Waals surface area (Å²) in [5, 5.41) is 12.9. The van der Waals surface area contributed by atoms with E-state index in [1.807, 2.05) is 0 Å². The smallest absolute Gasteiger partial charge is 0.0611 e. The maximum Gasteiger partial charge on any atom is 0.0611 e. The van der Waals surface area contributed by atoms with Crippen LogP contribution in [0.5, 0.6) is 0 Å². The quantitative estimate of drug-likeness (QED) is 0.621. The largest absolute Gasteiger partial charge is 0.394 e. The second-order valence-electron chi connectivity index (χ2n) is 5.71. The molecule has 0 aliphatic rings. The molecule has 0 spiro atoms. The van der Waals surface area contributed by atoms with Gasteiger partial charge in [-0.2, -0.15) is 0 Å². The molecule has 0 amide bonds. The van der Waals surface area contributed by atoms with Crippen molar-refractivity contribution < 1.29 is 9.84 Å². The number of nitrogens with one attached hydrogen (secondary N) is 1. The second kappa shape index (κ2) is 8.90. The Morgan fingerprint density at radius 3 is 2.41 bits per heavy atom. The molecule has 0 aromatic heterocycles. The normalized spacial score (nSPS) is 17.1. The van der Waals surface area contributed by atoms with Crippen LogP contribution in [0, 0.1) is 5.92 Å². The average molecular weight is 245 g/mol. The van der Waals surface area contributed by atoms with Crippen molar-refractivity contribution in [3.8, 4) is 0 Å². The van der Waals surface area contributed by atoms with E-state index >= 15 is 0 Å². The summed E-state index contributed by atoms with van der Waals surface area (Å²) in [6, 6.07) is 0. The first-order chi connectivity index (χ1) is 7.93. The SMILES string of the molecule is CCCNC(C)(CO)CC(C)OCCC(C)C. The van der Waals surface area contributed by atoms with E-state index in [4.69, 9.17) is 4.74 Å². The van der Waals surface area contributed by atoms with Crippen LogP contribution in [0.15, 0.2) is 0 Å². The highest BCUT2D eigenvalue weighted by Crippen LogP contribution is 2.15. The van der Waals surface area contributed by atoms with Gasteiger partial charge in [-0.15, -0.1) is 0 Å². The van der Waals surface area contributed by atoms with Gasteiger partial charge in [0.05, 0.1) is 12.7 Å². The molecule has 0 aromatic carbocycles. The monoisotopic (exact) mass is 245 g/mol. The van der Waals surface area contributed by atoms with Gasteiger partial charge in [0.1, 0.15) is 0 Å². The second-order valence-corrected chi connectivity index (χ2v) is 5.71. The number of ether oxygens (including phenoxy) is 1. The molecule has 2 atom stereocenters. The van der Waals surface area contributed by atoms with Crippen LogP contribution in [0.1, 0.15) is 53.9 Å². The summed E-state index contributed by atoms with van der Waals surface area (Å²) in [7, 11) is 0. The lowest BCUT2D eigenvalue weighted by Gasteiger charge is -2.31. The van der Waals surface area contributed by atoms with Crippen LogP contribution in [0.4, 0.5) is 0 Å². The average Bonchev–Trinajstić information content (AvgIpc) is 2.26. The molecular weight excluding hydrogens is 214 g/mol. The van der Waals surface area contributed by atoms with E-state index < -0.39 is 0 Å². The predicted octanol–water partition coefficient (Wildman–Crippen LogP) is 2.58. The first kappa shape index (κ1) is 16.9. The maximum atomic E-state index is 9.46. The molecule has 2 unspecified atom stereocenters. The van der Waals surface area contributed by atoms with Crippen LogP contribution in [-0.4, -0.2) is 36.5 Å². The lowest BCUT2D eigenvalue weighted by atomic mass is 9.95. The summed E-state index contributed by atoms with van der Waals surface area (Å²) >= 11 is 0. The Kier molecular flexibility index (Phi) is 8.83. The summed E-state index contributed by atoms with van der Waals surface area (Å²) in [4.78, 5) is 0. The number of hydrogen-bond acceptors (Lipinski definition) is 3. The van der Waals surface area contributed by atoms with Crippen LogP contribution in [0.25, 0.3) is 0 Å².